The Morgan fingerprint density at radius 2 is 0.0260 bits per heavy atom. The van der Waals surface area contributed by atoms with Crippen LogP contribution in [0.4, 0.5) is 0 Å². The predicted molar refractivity (Wildman–Crippen MR) is 403 cm³/mol. The van der Waals surface area contributed by atoms with Gasteiger partial charge in [0.2, 0.25) is 0 Å². The van der Waals surface area contributed by atoms with Crippen molar-refractivity contribution in [2.45, 2.75) is 0 Å². The molecule has 0 fully saturated rings. The summed E-state index contributed by atoms with van der Waals surface area (Å²) in [6, 6.07) is 0. The third-order valence-electron chi connectivity index (χ3n) is 0. The molecule has 0 heterocycles. The van der Waals surface area contributed by atoms with E-state index in [0.29, 0.717) is 0 Å². The standard InChI is InChI=1S/69Bi.8O/q69*+3;8*-2. The molecule has 0 aliphatic heterocycles. The number of hydrogen-bond acceptors (Lipinski definition) is 0. The third-order valence-corrected chi connectivity index (χ3v) is 0. The minimum absolute atomic E-state index is 0. The Morgan fingerprint density at radius 1 is 0.0260 bits per heavy atom. The molecule has 138 radical (unpaired) electrons. The summed E-state index contributed by atoms with van der Waals surface area (Å²) in [6.07, 6.45) is 0. The SMILES string of the molecule is [Bi+3].[Bi+3].[Bi+3].[Bi+3].[Bi+3].[Bi+3].[Bi+3].[Bi+3].[Bi+3].[Bi+3].[Bi+3].[Bi+3].[Bi+3].[Bi+3].[Bi+3].[Bi+3].[Bi+3].[Bi+3].[Bi+3].[Bi+3].[Bi+3].[Bi+3].[Bi+3].[Bi+3].[Bi+3].[Bi+3].[Bi+3].[Bi+3].[Bi+3].[Bi+3].[Bi+3].[Bi+3].[Bi+3].[Bi+3].[Bi+3].[Bi+3].[Bi+3].[Bi+3].[Bi+3].[Bi+3].[Bi+3].[Bi+3].[Bi+3].[Bi+3].[Bi+3].[Bi+3].[Bi+3].[Bi+3].[Bi+3].[Bi+3].[Bi+3].[Bi+3].[Bi+3].[Bi+3].[Bi+3].[Bi+3].[Bi+3].[Bi+3].[Bi+3].[Bi+3].[Bi+3].[Bi+3].[Bi+3].[Bi+3].[Bi+3].[Bi+3].[Bi+3].[Bi+3].[Bi+3].[O-2].[O-2].[O-2].[O-2].[O-2].[O-2].[O-2].[O-2]. The molecule has 0 bridgehead atoms. The monoisotopic (exact) mass is 14500 g/mol. The van der Waals surface area contributed by atoms with E-state index in [0.717, 1.165) is 0 Å². The second kappa shape index (κ2) is 684. The van der Waals surface area contributed by atoms with E-state index < -0.39 is 0 Å². The predicted octanol–water partition coefficient (Wildman–Crippen LogP) is -27.2. The van der Waals surface area contributed by atoms with Crippen molar-refractivity contribution < 1.29 is 43.8 Å². The van der Waals surface area contributed by atoms with E-state index in [4.69, 9.17) is 0 Å². The molecule has 0 saturated heterocycles. The van der Waals surface area contributed by atoms with Crippen molar-refractivity contribution >= 4 is 1810 Å². The minimum Gasteiger partial charge on any atom is -2.00 e. The number of rotatable bonds is 0. The van der Waals surface area contributed by atoms with Gasteiger partial charge in [-0.2, -0.15) is 0 Å². The molecule has 0 spiro atoms. The molecule has 0 aromatic carbocycles. The van der Waals surface area contributed by atoms with Crippen LogP contribution in [-0.2, 0) is 43.8 Å². The van der Waals surface area contributed by atoms with Crippen LogP contribution in [0.5, 0.6) is 0 Å². The van der Waals surface area contributed by atoms with Crippen molar-refractivity contribution in [3.05, 3.63) is 0 Å². The molecule has 0 aromatic rings. The van der Waals surface area contributed by atoms with Crippen LogP contribution >= 0.6 is 0 Å². The first-order chi connectivity index (χ1) is 0. The van der Waals surface area contributed by atoms with Crippen LogP contribution in [0.25, 0.3) is 0 Å². The first kappa shape index (κ1) is 699. The van der Waals surface area contributed by atoms with Crippen molar-refractivity contribution in [1.82, 2.24) is 0 Å². The summed E-state index contributed by atoms with van der Waals surface area (Å²) < 4.78 is 0. The van der Waals surface area contributed by atoms with Crippen LogP contribution in [0.1, 0.15) is 0 Å². The smallest absolute Gasteiger partial charge is 2.00 e. The maximum absolute atomic E-state index is 0. The Kier molecular flexibility index (Phi) is 6210. The van der Waals surface area contributed by atoms with E-state index in [9.17, 15) is 0 Å². The van der Waals surface area contributed by atoms with Crippen molar-refractivity contribution in [3.8, 4) is 0 Å². The van der Waals surface area contributed by atoms with E-state index in [-0.39, 0.29) is 1850 Å². The molecule has 202 valence electrons. The first-order valence-electron chi connectivity index (χ1n) is 0. The normalized spacial score (nSPS) is 0. The van der Waals surface area contributed by atoms with Crippen LogP contribution in [0.3, 0.4) is 0 Å². The Labute approximate surface area is 1790 Å². The molecular formula is Bi69O8+191. The topological polar surface area (TPSA) is 228 Å². The first-order valence-corrected chi connectivity index (χ1v) is 0. The van der Waals surface area contributed by atoms with Crippen molar-refractivity contribution in [3.63, 3.8) is 0 Å². The Hall–Kier alpha value is 60.6. The summed E-state index contributed by atoms with van der Waals surface area (Å²) >= 11 is 0. The number of hydrogen-bond donors (Lipinski definition) is 0. The van der Waals surface area contributed by atoms with Crippen molar-refractivity contribution in [2.75, 3.05) is 0 Å². The molecule has 0 unspecified atom stereocenters. The zero-order chi connectivity index (χ0) is 0. The van der Waals surface area contributed by atoms with Gasteiger partial charge in [-0.15, -0.1) is 0 Å². The summed E-state index contributed by atoms with van der Waals surface area (Å²) in [5.41, 5.74) is 0. The Morgan fingerprint density at radius 3 is 0.0260 bits per heavy atom. The van der Waals surface area contributed by atoms with Crippen LogP contribution < -0.4 is 0 Å². The van der Waals surface area contributed by atoms with Crippen LogP contribution in [0.15, 0.2) is 0 Å². The fourth-order valence-electron chi connectivity index (χ4n) is 0. The largest absolute Gasteiger partial charge is 3.00 e. The van der Waals surface area contributed by atoms with E-state index in [1.54, 1.807) is 0 Å². The van der Waals surface area contributed by atoms with E-state index in [2.05, 4.69) is 0 Å². The van der Waals surface area contributed by atoms with Gasteiger partial charge in [-0.05, 0) is 0 Å². The van der Waals surface area contributed by atoms with Gasteiger partial charge < -0.3 is 43.8 Å². The van der Waals surface area contributed by atoms with Gasteiger partial charge >= 0.3 is 1810 Å². The van der Waals surface area contributed by atoms with Gasteiger partial charge in [-0.25, -0.2) is 0 Å². The molecule has 77 heavy (non-hydrogen) atoms. The minimum atomic E-state index is 0. The van der Waals surface area contributed by atoms with Crippen LogP contribution in [0, 0.1) is 0 Å². The van der Waals surface area contributed by atoms with Gasteiger partial charge in [0.15, 0.2) is 0 Å². The van der Waals surface area contributed by atoms with E-state index in [1.165, 1.54) is 0 Å². The molecule has 0 saturated carbocycles. The molecule has 8 nitrogen and oxygen atoms in total. The van der Waals surface area contributed by atoms with Crippen LogP contribution in [0.2, 0.25) is 0 Å². The zero-order valence-corrected chi connectivity index (χ0v) is 274. The molecule has 0 atom stereocenters. The van der Waals surface area contributed by atoms with E-state index in [1.807, 2.05) is 0 Å². The average molecular weight is 14500 g/mol. The zero-order valence-electron chi connectivity index (χ0n) is 34.1. The third kappa shape index (κ3) is 674. The van der Waals surface area contributed by atoms with Gasteiger partial charge in [0.25, 0.3) is 0 Å². The van der Waals surface area contributed by atoms with Gasteiger partial charge in [-0.1, -0.05) is 0 Å². The van der Waals surface area contributed by atoms with Gasteiger partial charge in [0, 0.05) is 0 Å². The summed E-state index contributed by atoms with van der Waals surface area (Å²) in [5.74, 6) is 0. The van der Waals surface area contributed by atoms with Gasteiger partial charge in [0.1, 0.15) is 0 Å². The molecule has 0 N–H and O–H groups in total. The van der Waals surface area contributed by atoms with E-state index >= 15 is 0 Å². The van der Waals surface area contributed by atoms with Crippen LogP contribution in [-0.4, -0.2) is 1810 Å². The fraction of sp³-hybridized carbons (Fsp3) is 0. The Balaban J connectivity index is 0. The molecule has 0 rings (SSSR count). The van der Waals surface area contributed by atoms with Gasteiger partial charge in [0.05, 0.1) is 0 Å². The second-order valence-corrected chi connectivity index (χ2v) is 0. The molecular weight excluding hydrogens is 14500 g/mol. The molecule has 0 aromatic heterocycles. The maximum Gasteiger partial charge on any atom is 3.00 e. The summed E-state index contributed by atoms with van der Waals surface area (Å²) in [5, 5.41) is 0. The average Bonchev–Trinajstić information content (AvgIpc) is 0. The quantitative estimate of drug-likeness (QED) is 0.206. The van der Waals surface area contributed by atoms with Gasteiger partial charge in [-0.3, -0.25) is 0 Å². The van der Waals surface area contributed by atoms with Crippen molar-refractivity contribution in [2.24, 2.45) is 0 Å². The molecule has 0 aliphatic carbocycles. The fourth-order valence-corrected chi connectivity index (χ4v) is 0. The summed E-state index contributed by atoms with van der Waals surface area (Å²) in [4.78, 5) is 0. The summed E-state index contributed by atoms with van der Waals surface area (Å²) in [7, 11) is 0. The second-order valence-electron chi connectivity index (χ2n) is 0. The summed E-state index contributed by atoms with van der Waals surface area (Å²) in [6.45, 7) is 0. The Bertz CT molecular complexity index is 37.1. The molecule has 0 amide bonds. The molecule has 77 heteroatoms. The molecule has 0 aliphatic rings. The van der Waals surface area contributed by atoms with Crippen molar-refractivity contribution in [1.29, 1.82) is 0 Å². The maximum atomic E-state index is 0.